The Morgan fingerprint density at radius 2 is 2.16 bits per heavy atom. The number of carbonyl (C=O) groups excluding carboxylic acids is 1. The molecule has 0 spiro atoms. The molecule has 2 saturated carbocycles. The molecule has 5 heteroatoms. The van der Waals surface area contributed by atoms with Crippen LogP contribution in [0.4, 0.5) is 0 Å². The predicted octanol–water partition coefficient (Wildman–Crippen LogP) is 3.32. The van der Waals surface area contributed by atoms with Crippen LogP contribution in [0.25, 0.3) is 0 Å². The quantitative estimate of drug-likeness (QED) is 0.617. The molecule has 0 saturated heterocycles. The number of hydrogen-bond acceptors (Lipinski definition) is 4. The maximum Gasteiger partial charge on any atom is 0.235 e. The van der Waals surface area contributed by atoms with Crippen molar-refractivity contribution in [3.63, 3.8) is 0 Å². The molecule has 0 N–H and O–H groups in total. The summed E-state index contributed by atoms with van der Waals surface area (Å²) in [6, 6.07) is 3.84. The number of methoxy groups -OCH3 is 1. The highest BCUT2D eigenvalue weighted by Crippen LogP contribution is 2.55. The lowest BCUT2D eigenvalue weighted by Crippen LogP contribution is -2.09. The number of isocyanates is 1. The second kappa shape index (κ2) is 4.66. The number of nitrogens with zero attached hydrogens (tertiary/aromatic N) is 1. The molecule has 0 aromatic heterocycles. The minimum absolute atomic E-state index is 0.268. The van der Waals surface area contributed by atoms with Crippen LogP contribution in [0.2, 0.25) is 0 Å². The van der Waals surface area contributed by atoms with Gasteiger partial charge in [-0.3, -0.25) is 0 Å². The third-order valence-electron chi connectivity index (χ3n) is 3.53. The van der Waals surface area contributed by atoms with E-state index >= 15 is 0 Å². The van der Waals surface area contributed by atoms with Crippen molar-refractivity contribution in [3.05, 3.63) is 22.2 Å². The summed E-state index contributed by atoms with van der Waals surface area (Å²) in [4.78, 5) is 14.6. The molecule has 0 atom stereocenters. The van der Waals surface area contributed by atoms with Crippen molar-refractivity contribution in [1.82, 2.24) is 0 Å². The summed E-state index contributed by atoms with van der Waals surface area (Å²) in [5, 5.41) is 0. The van der Waals surface area contributed by atoms with Crippen molar-refractivity contribution < 1.29 is 14.3 Å². The van der Waals surface area contributed by atoms with Gasteiger partial charge in [0.25, 0.3) is 0 Å². The molecular formula is C14H14BrNO3. The van der Waals surface area contributed by atoms with Gasteiger partial charge in [-0.15, -0.1) is 0 Å². The van der Waals surface area contributed by atoms with Crippen LogP contribution in [0.5, 0.6) is 11.5 Å². The van der Waals surface area contributed by atoms with Crippen LogP contribution in [0.1, 0.15) is 31.2 Å². The topological polar surface area (TPSA) is 47.9 Å². The zero-order chi connectivity index (χ0) is 13.5. The molecule has 2 aliphatic carbocycles. The summed E-state index contributed by atoms with van der Waals surface area (Å²) < 4.78 is 12.3. The largest absolute Gasteiger partial charge is 0.493 e. The van der Waals surface area contributed by atoms with Gasteiger partial charge >= 0.3 is 0 Å². The average Bonchev–Trinajstić information content (AvgIpc) is 3.27. The van der Waals surface area contributed by atoms with Gasteiger partial charge in [0.1, 0.15) is 5.54 Å². The van der Waals surface area contributed by atoms with Gasteiger partial charge in [0.15, 0.2) is 11.5 Å². The van der Waals surface area contributed by atoms with E-state index in [2.05, 4.69) is 20.9 Å². The Balaban J connectivity index is 2.09. The number of ether oxygens (including phenoxy) is 2. The van der Waals surface area contributed by atoms with Gasteiger partial charge in [-0.05, 0) is 37.8 Å². The van der Waals surface area contributed by atoms with Gasteiger partial charge in [0.2, 0.25) is 6.08 Å². The van der Waals surface area contributed by atoms with Crippen molar-refractivity contribution in [2.24, 2.45) is 4.99 Å². The van der Waals surface area contributed by atoms with E-state index in [1.54, 1.807) is 13.2 Å². The second-order valence-corrected chi connectivity index (χ2v) is 5.95. The first-order chi connectivity index (χ1) is 9.18. The fourth-order valence-electron chi connectivity index (χ4n) is 2.19. The van der Waals surface area contributed by atoms with Crippen molar-refractivity contribution in [2.75, 3.05) is 7.11 Å². The Labute approximate surface area is 119 Å². The number of aliphatic imine (C=N–C) groups is 1. The van der Waals surface area contributed by atoms with Crippen molar-refractivity contribution in [3.8, 4) is 11.5 Å². The van der Waals surface area contributed by atoms with Gasteiger partial charge in [0, 0.05) is 10.0 Å². The second-order valence-electron chi connectivity index (χ2n) is 5.04. The van der Waals surface area contributed by atoms with Crippen molar-refractivity contribution >= 4 is 22.0 Å². The summed E-state index contributed by atoms with van der Waals surface area (Å²) in [6.45, 7) is 0. The maximum absolute atomic E-state index is 10.6. The first kappa shape index (κ1) is 12.7. The van der Waals surface area contributed by atoms with Gasteiger partial charge in [-0.1, -0.05) is 15.9 Å². The van der Waals surface area contributed by atoms with E-state index in [0.717, 1.165) is 41.5 Å². The zero-order valence-corrected chi connectivity index (χ0v) is 12.2. The predicted molar refractivity (Wildman–Crippen MR) is 73.4 cm³/mol. The van der Waals surface area contributed by atoms with Crippen LogP contribution in [0, 0.1) is 0 Å². The van der Waals surface area contributed by atoms with Crippen LogP contribution in [-0.4, -0.2) is 19.3 Å². The molecule has 1 aromatic rings. The van der Waals surface area contributed by atoms with Crippen LogP contribution < -0.4 is 9.47 Å². The van der Waals surface area contributed by atoms with E-state index in [-0.39, 0.29) is 6.10 Å². The van der Waals surface area contributed by atoms with Gasteiger partial charge in [-0.2, -0.15) is 4.99 Å². The summed E-state index contributed by atoms with van der Waals surface area (Å²) in [5.74, 6) is 1.41. The number of benzene rings is 1. The lowest BCUT2D eigenvalue weighted by atomic mass is 10.0. The number of hydrogen-bond donors (Lipinski definition) is 0. The van der Waals surface area contributed by atoms with Gasteiger partial charge in [0.05, 0.1) is 13.2 Å². The third kappa shape index (κ3) is 2.40. The highest BCUT2D eigenvalue weighted by atomic mass is 79.9. The molecule has 0 aliphatic heterocycles. The van der Waals surface area contributed by atoms with E-state index in [1.807, 2.05) is 12.1 Å². The highest BCUT2D eigenvalue weighted by Gasteiger charge is 2.48. The van der Waals surface area contributed by atoms with E-state index in [4.69, 9.17) is 9.47 Å². The van der Waals surface area contributed by atoms with Crippen LogP contribution in [-0.2, 0) is 10.3 Å². The molecule has 0 bridgehead atoms. The lowest BCUT2D eigenvalue weighted by Gasteiger charge is -2.18. The minimum Gasteiger partial charge on any atom is -0.493 e. The summed E-state index contributed by atoms with van der Waals surface area (Å²) >= 11 is 3.47. The Bertz CT molecular complexity index is 558. The molecule has 0 unspecified atom stereocenters. The van der Waals surface area contributed by atoms with E-state index in [0.29, 0.717) is 5.75 Å². The van der Waals surface area contributed by atoms with E-state index < -0.39 is 5.54 Å². The van der Waals surface area contributed by atoms with Crippen LogP contribution in [0.15, 0.2) is 21.6 Å². The molecule has 19 heavy (non-hydrogen) atoms. The Morgan fingerprint density at radius 3 is 2.68 bits per heavy atom. The van der Waals surface area contributed by atoms with Gasteiger partial charge < -0.3 is 9.47 Å². The van der Waals surface area contributed by atoms with E-state index in [9.17, 15) is 4.79 Å². The summed E-state index contributed by atoms with van der Waals surface area (Å²) in [5.41, 5.74) is 0.470. The maximum atomic E-state index is 10.6. The van der Waals surface area contributed by atoms with E-state index in [1.165, 1.54) is 0 Å². The third-order valence-corrected chi connectivity index (χ3v) is 3.99. The minimum atomic E-state index is -0.455. The van der Waals surface area contributed by atoms with Crippen LogP contribution >= 0.6 is 15.9 Å². The van der Waals surface area contributed by atoms with Crippen molar-refractivity contribution in [1.29, 1.82) is 0 Å². The molecule has 2 aliphatic rings. The highest BCUT2D eigenvalue weighted by molar-refractivity contribution is 9.10. The standard InChI is InChI=1S/C14H14BrNO3/c1-18-12-7-9(15)6-11(13(12)19-10-2-3-10)14(4-5-14)16-8-17/h6-7,10H,2-5H2,1H3. The SMILES string of the molecule is COc1cc(Br)cc(C2(N=C=O)CC2)c1OC1CC1. The fraction of sp³-hybridized carbons (Fsp3) is 0.500. The molecule has 100 valence electrons. The molecule has 3 rings (SSSR count). The molecule has 0 heterocycles. The fourth-order valence-corrected chi connectivity index (χ4v) is 2.62. The summed E-state index contributed by atoms with van der Waals surface area (Å²) in [7, 11) is 1.62. The smallest absolute Gasteiger partial charge is 0.235 e. The first-order valence-electron chi connectivity index (χ1n) is 6.32. The number of rotatable bonds is 5. The monoisotopic (exact) mass is 323 g/mol. The molecule has 0 radical (unpaired) electrons. The molecular weight excluding hydrogens is 310 g/mol. The molecule has 2 fully saturated rings. The first-order valence-corrected chi connectivity index (χ1v) is 7.11. The number of halogens is 1. The van der Waals surface area contributed by atoms with Crippen LogP contribution in [0.3, 0.4) is 0 Å². The van der Waals surface area contributed by atoms with Gasteiger partial charge in [-0.25, -0.2) is 4.79 Å². The Hall–Kier alpha value is -1.32. The normalized spacial score (nSPS) is 19.5. The summed E-state index contributed by atoms with van der Waals surface area (Å²) in [6.07, 6.45) is 5.80. The molecule has 0 amide bonds. The average molecular weight is 324 g/mol. The molecule has 1 aromatic carbocycles. The zero-order valence-electron chi connectivity index (χ0n) is 10.6. The Morgan fingerprint density at radius 1 is 1.42 bits per heavy atom. The molecule has 4 nitrogen and oxygen atoms in total. The lowest BCUT2D eigenvalue weighted by molar-refractivity contribution is 0.276. The Kier molecular flexibility index (Phi) is 3.11. The van der Waals surface area contributed by atoms with Crippen molar-refractivity contribution in [2.45, 2.75) is 37.3 Å².